The van der Waals surface area contributed by atoms with Crippen LogP contribution < -0.4 is 14.5 Å². The zero-order chi connectivity index (χ0) is 21.5. The van der Waals surface area contributed by atoms with Crippen LogP contribution in [0.15, 0.2) is 59.2 Å². The highest BCUT2D eigenvalue weighted by Gasteiger charge is 2.36. The number of ether oxygens (including phenoxy) is 1. The minimum absolute atomic E-state index is 0.162. The quantitative estimate of drug-likeness (QED) is 0.366. The van der Waals surface area contributed by atoms with Crippen LogP contribution in [-0.4, -0.2) is 30.0 Å². The number of halogens is 3. The van der Waals surface area contributed by atoms with E-state index in [2.05, 4.69) is 31.9 Å². The molecule has 2 aliphatic rings. The van der Waals surface area contributed by atoms with Gasteiger partial charge < -0.3 is 14.5 Å². The first-order valence-corrected chi connectivity index (χ1v) is 11.5. The smallest absolute Gasteiger partial charge is 0.263 e. The van der Waals surface area contributed by atoms with Crippen LogP contribution in [0.3, 0.4) is 0 Å². The number of anilines is 2. The van der Waals surface area contributed by atoms with E-state index in [0.717, 1.165) is 17.9 Å². The topological polar surface area (TPSA) is 45.7 Å². The first-order chi connectivity index (χ1) is 15.0. The molecule has 1 fully saturated rings. The summed E-state index contributed by atoms with van der Waals surface area (Å²) in [5.74, 6) is 0.363. The molecular formula is C23H18BrCl2N3O2. The van der Waals surface area contributed by atoms with Crippen molar-refractivity contribution in [3.63, 3.8) is 0 Å². The Hall–Kier alpha value is -2.28. The lowest BCUT2D eigenvalue weighted by Gasteiger charge is -2.38. The van der Waals surface area contributed by atoms with Crippen LogP contribution in [0.1, 0.15) is 23.2 Å². The number of nitrogens with zero attached hydrogens (tertiary/aromatic N) is 3. The molecule has 158 valence electrons. The first-order valence-electron chi connectivity index (χ1n) is 9.98. The van der Waals surface area contributed by atoms with Crippen LogP contribution >= 0.6 is 39.1 Å². The second kappa shape index (κ2) is 8.34. The van der Waals surface area contributed by atoms with Crippen molar-refractivity contribution in [3.8, 4) is 11.6 Å². The van der Waals surface area contributed by atoms with Gasteiger partial charge in [-0.05, 0) is 59.1 Å². The molecule has 31 heavy (non-hydrogen) atoms. The molecule has 5 rings (SSSR count). The lowest BCUT2D eigenvalue weighted by atomic mass is 10.1. The van der Waals surface area contributed by atoms with Crippen molar-refractivity contribution >= 4 is 56.4 Å². The summed E-state index contributed by atoms with van der Waals surface area (Å²) in [6.07, 6.45) is 4.00. The molecule has 3 aromatic rings. The molecule has 1 aromatic heterocycles. The monoisotopic (exact) mass is 517 g/mol. The Bertz CT molecular complexity index is 1170. The molecule has 1 aliphatic heterocycles. The zero-order valence-corrected chi connectivity index (χ0v) is 19.5. The third kappa shape index (κ3) is 4.00. The third-order valence-corrected chi connectivity index (χ3v) is 6.95. The van der Waals surface area contributed by atoms with Crippen LogP contribution in [0.25, 0.3) is 0 Å². The van der Waals surface area contributed by atoms with Crippen molar-refractivity contribution in [1.29, 1.82) is 0 Å². The molecule has 0 saturated heterocycles. The van der Waals surface area contributed by atoms with Gasteiger partial charge in [0.1, 0.15) is 11.3 Å². The van der Waals surface area contributed by atoms with Crippen LogP contribution in [0.4, 0.5) is 11.4 Å². The number of hydrogen-bond acceptors (Lipinski definition) is 4. The maximum atomic E-state index is 13.6. The van der Waals surface area contributed by atoms with Crippen LogP contribution in [-0.2, 0) is 0 Å². The van der Waals surface area contributed by atoms with Crippen LogP contribution in [0.5, 0.6) is 11.6 Å². The van der Waals surface area contributed by atoms with E-state index in [0.29, 0.717) is 38.4 Å². The fourth-order valence-corrected chi connectivity index (χ4v) is 4.66. The van der Waals surface area contributed by atoms with Gasteiger partial charge in [-0.2, -0.15) is 0 Å². The number of fused-ring (bicyclic) bond motifs is 1. The predicted molar refractivity (Wildman–Crippen MR) is 127 cm³/mol. The number of carbonyl (C=O) groups excluding carboxylic acids is 1. The number of hydrogen-bond donors (Lipinski definition) is 0. The lowest BCUT2D eigenvalue weighted by Crippen LogP contribution is -2.45. The van der Waals surface area contributed by atoms with Gasteiger partial charge in [0.15, 0.2) is 0 Å². The van der Waals surface area contributed by atoms with Gasteiger partial charge in [0.05, 0.1) is 21.4 Å². The summed E-state index contributed by atoms with van der Waals surface area (Å²) in [7, 11) is 0. The Labute approximate surface area is 198 Å². The number of carbonyl (C=O) groups is 1. The summed E-state index contributed by atoms with van der Waals surface area (Å²) in [4.78, 5) is 22.1. The van der Waals surface area contributed by atoms with Gasteiger partial charge in [-0.3, -0.25) is 4.79 Å². The average molecular weight is 519 g/mol. The second-order valence-corrected chi connectivity index (χ2v) is 9.19. The molecule has 2 heterocycles. The lowest BCUT2D eigenvalue weighted by molar-refractivity contribution is 0.0983. The number of pyridine rings is 1. The summed E-state index contributed by atoms with van der Waals surface area (Å²) in [6.45, 7) is 1.41. The van der Waals surface area contributed by atoms with Gasteiger partial charge in [0.2, 0.25) is 5.88 Å². The van der Waals surface area contributed by atoms with E-state index in [-0.39, 0.29) is 11.8 Å². The molecule has 0 radical (unpaired) electrons. The highest BCUT2D eigenvalue weighted by Crippen LogP contribution is 2.41. The minimum Gasteiger partial charge on any atom is -0.437 e. The second-order valence-electron chi connectivity index (χ2n) is 7.52. The van der Waals surface area contributed by atoms with E-state index < -0.39 is 0 Å². The fraction of sp³-hybridized carbons (Fsp3) is 0.217. The molecule has 0 atom stereocenters. The maximum absolute atomic E-state index is 13.6. The van der Waals surface area contributed by atoms with Crippen molar-refractivity contribution in [3.05, 3.63) is 74.8 Å². The number of rotatable bonds is 4. The van der Waals surface area contributed by atoms with Crippen molar-refractivity contribution in [2.24, 2.45) is 0 Å². The highest BCUT2D eigenvalue weighted by molar-refractivity contribution is 9.10. The van der Waals surface area contributed by atoms with Crippen molar-refractivity contribution in [2.45, 2.75) is 18.9 Å². The summed E-state index contributed by atoms with van der Waals surface area (Å²) < 4.78 is 6.60. The van der Waals surface area contributed by atoms with Gasteiger partial charge in [0.25, 0.3) is 5.91 Å². The van der Waals surface area contributed by atoms with Crippen molar-refractivity contribution in [2.75, 3.05) is 22.9 Å². The van der Waals surface area contributed by atoms with Gasteiger partial charge in [0, 0.05) is 35.9 Å². The van der Waals surface area contributed by atoms with E-state index in [9.17, 15) is 4.79 Å². The normalized spacial score (nSPS) is 15.6. The summed E-state index contributed by atoms with van der Waals surface area (Å²) in [5.41, 5.74) is 2.37. The standard InChI is InChI=1S/C23H18BrCl2N3O2/c24-16-12-18(26)21(13-17(16)25)31-22-15(4-3-9-27-22)23(30)29-11-10-28(14-7-8-14)19-5-1-2-6-20(19)29/h1-6,9,12-14H,7-8,10-11H2. The number of benzene rings is 2. The van der Waals surface area contributed by atoms with Crippen LogP contribution in [0, 0.1) is 0 Å². The number of aromatic nitrogens is 1. The molecule has 0 unspecified atom stereocenters. The molecule has 2 aromatic carbocycles. The van der Waals surface area contributed by atoms with E-state index >= 15 is 0 Å². The molecule has 0 bridgehead atoms. The zero-order valence-electron chi connectivity index (χ0n) is 16.4. The Morgan fingerprint density at radius 2 is 1.81 bits per heavy atom. The molecule has 0 spiro atoms. The van der Waals surface area contributed by atoms with Gasteiger partial charge in [-0.1, -0.05) is 35.3 Å². The Kier molecular flexibility index (Phi) is 5.54. The first kappa shape index (κ1) is 20.6. The summed E-state index contributed by atoms with van der Waals surface area (Å²) >= 11 is 15.8. The van der Waals surface area contributed by atoms with Crippen molar-refractivity contribution in [1.82, 2.24) is 4.98 Å². The highest BCUT2D eigenvalue weighted by atomic mass is 79.9. The maximum Gasteiger partial charge on any atom is 0.263 e. The number of para-hydroxylation sites is 2. The van der Waals surface area contributed by atoms with Crippen LogP contribution in [0.2, 0.25) is 10.0 Å². The summed E-state index contributed by atoms with van der Waals surface area (Å²) in [6, 6.07) is 15.3. The Morgan fingerprint density at radius 1 is 1.03 bits per heavy atom. The molecule has 5 nitrogen and oxygen atoms in total. The minimum atomic E-state index is -0.162. The van der Waals surface area contributed by atoms with Gasteiger partial charge in [-0.25, -0.2) is 4.98 Å². The van der Waals surface area contributed by atoms with E-state index in [1.165, 1.54) is 12.8 Å². The van der Waals surface area contributed by atoms with Crippen molar-refractivity contribution < 1.29 is 9.53 Å². The van der Waals surface area contributed by atoms with E-state index in [1.54, 1.807) is 35.4 Å². The molecular weight excluding hydrogens is 501 g/mol. The molecule has 8 heteroatoms. The molecule has 1 aliphatic carbocycles. The third-order valence-electron chi connectivity index (χ3n) is 5.46. The van der Waals surface area contributed by atoms with E-state index in [4.69, 9.17) is 27.9 Å². The average Bonchev–Trinajstić information content (AvgIpc) is 3.62. The fourth-order valence-electron chi connectivity index (χ4n) is 3.83. The molecule has 0 N–H and O–H groups in total. The number of amides is 1. The SMILES string of the molecule is O=C(c1cccnc1Oc1cc(Cl)c(Br)cc1Cl)N1CCN(C2CC2)c2ccccc21. The Balaban J connectivity index is 1.48. The van der Waals surface area contributed by atoms with Gasteiger partial charge in [-0.15, -0.1) is 0 Å². The molecule has 1 saturated carbocycles. The molecule has 1 amide bonds. The predicted octanol–water partition coefficient (Wildman–Crippen LogP) is 6.57. The Morgan fingerprint density at radius 3 is 2.58 bits per heavy atom. The largest absolute Gasteiger partial charge is 0.437 e. The van der Waals surface area contributed by atoms with E-state index in [1.807, 2.05) is 18.2 Å². The summed E-state index contributed by atoms with van der Waals surface area (Å²) in [5, 5.41) is 0.817. The van der Waals surface area contributed by atoms with Gasteiger partial charge >= 0.3 is 0 Å².